The van der Waals surface area contributed by atoms with Gasteiger partial charge in [-0.3, -0.25) is 0 Å². The molecule has 0 fully saturated rings. The molecule has 0 aromatic rings. The molecular weight excluding hydrogens is 331 g/mol. The van der Waals surface area contributed by atoms with E-state index < -0.39 is 19.7 Å². The van der Waals surface area contributed by atoms with Gasteiger partial charge < -0.3 is 0 Å². The van der Waals surface area contributed by atoms with Crippen molar-refractivity contribution in [1.82, 2.24) is 0 Å². The van der Waals surface area contributed by atoms with Gasteiger partial charge in [0.2, 0.25) is 0 Å². The molecule has 0 aromatic carbocycles. The van der Waals surface area contributed by atoms with Crippen LogP contribution in [0.4, 0.5) is 0 Å². The van der Waals surface area contributed by atoms with Crippen LogP contribution in [-0.2, 0) is 28.1 Å². The fourth-order valence-electron chi connectivity index (χ4n) is 2.64. The Morgan fingerprint density at radius 3 is 1.15 bits per heavy atom. The average Bonchev–Trinajstić information content (AvgIpc) is 2.22. The molecule has 0 rings (SSSR count). The van der Waals surface area contributed by atoms with Gasteiger partial charge in [-0.05, 0) is 0 Å². The van der Waals surface area contributed by atoms with Crippen molar-refractivity contribution in [2.45, 2.75) is 63.6 Å². The van der Waals surface area contributed by atoms with Gasteiger partial charge in [-0.1, -0.05) is 0 Å². The van der Waals surface area contributed by atoms with Crippen LogP contribution in [0.5, 0.6) is 0 Å². The van der Waals surface area contributed by atoms with Crippen LogP contribution in [0.2, 0.25) is 8.26 Å². The Bertz CT molecular complexity index is 301. The summed E-state index contributed by atoms with van der Waals surface area (Å²) in [4.78, 5) is 0. The van der Waals surface area contributed by atoms with E-state index in [-0.39, 0.29) is 0 Å². The van der Waals surface area contributed by atoms with Crippen molar-refractivity contribution in [3.05, 3.63) is 0 Å². The topological polar surface area (TPSA) is 35.5 Å². The Morgan fingerprint density at radius 2 is 0.950 bits per heavy atom. The number of rotatable bonds is 10. The Morgan fingerprint density at radius 1 is 0.650 bits per heavy atom. The first-order valence-electron chi connectivity index (χ1n) is 8.15. The van der Waals surface area contributed by atoms with Crippen LogP contribution in [0.25, 0.3) is 0 Å². The van der Waals surface area contributed by atoms with Crippen LogP contribution < -0.4 is 0 Å². The third-order valence-electron chi connectivity index (χ3n) is 3.08. The van der Waals surface area contributed by atoms with E-state index in [0.717, 1.165) is 0 Å². The Hall–Kier alpha value is 0.603. The Kier molecular flexibility index (Phi) is 8.54. The second-order valence-electron chi connectivity index (χ2n) is 7.97. The predicted octanol–water partition coefficient (Wildman–Crippen LogP) is 5.35. The van der Waals surface area contributed by atoms with Crippen LogP contribution in [0.15, 0.2) is 0 Å². The van der Waals surface area contributed by atoms with Crippen LogP contribution in [0, 0.1) is 23.7 Å². The maximum atomic E-state index is 13.9. The molecular formula is C16H36O3Zr. The van der Waals surface area contributed by atoms with E-state index in [9.17, 15) is 2.81 Å². The molecule has 4 heteroatoms. The van der Waals surface area contributed by atoms with Crippen molar-refractivity contribution in [3.8, 4) is 0 Å². The van der Waals surface area contributed by atoms with Crippen LogP contribution in [-0.4, -0.2) is 13.2 Å². The van der Waals surface area contributed by atoms with Crippen molar-refractivity contribution < 1.29 is 28.1 Å². The predicted molar refractivity (Wildman–Crippen MR) is 81.6 cm³/mol. The van der Waals surface area contributed by atoms with Gasteiger partial charge in [0.15, 0.2) is 0 Å². The standard InChI is InChI=1S/2C4H9O.2C4H9.O.Zr/c2*1-4(2)3-5;2*1-4(2)3;;/h2*4H,3H2,1-2H3;2*4H,1H2,2-3H3;;/q2*-1;;;;+2. The molecule has 20 heavy (non-hydrogen) atoms. The molecule has 122 valence electrons. The van der Waals surface area contributed by atoms with E-state index in [2.05, 4.69) is 55.4 Å². The minimum atomic E-state index is -4.81. The summed E-state index contributed by atoms with van der Waals surface area (Å²) in [6.07, 6.45) is 0. The molecule has 0 atom stereocenters. The molecule has 0 spiro atoms. The Balaban J connectivity index is 5.32. The van der Waals surface area contributed by atoms with Crippen molar-refractivity contribution in [3.63, 3.8) is 0 Å². The summed E-state index contributed by atoms with van der Waals surface area (Å²) in [6, 6.07) is 0. The molecule has 0 amide bonds. The molecule has 0 aliphatic carbocycles. The van der Waals surface area contributed by atoms with Crippen LogP contribution in [0.1, 0.15) is 55.4 Å². The summed E-state index contributed by atoms with van der Waals surface area (Å²) in [5, 5.41) is 0. The first kappa shape index (κ1) is 20.6. The van der Waals surface area contributed by atoms with Gasteiger partial charge in [0, 0.05) is 0 Å². The van der Waals surface area contributed by atoms with E-state index >= 15 is 0 Å². The maximum absolute atomic E-state index is 13.9. The van der Waals surface area contributed by atoms with E-state index in [4.69, 9.17) is 5.63 Å². The van der Waals surface area contributed by atoms with Crippen molar-refractivity contribution in [2.75, 3.05) is 13.2 Å². The second-order valence-corrected chi connectivity index (χ2v) is 18.1. The summed E-state index contributed by atoms with van der Waals surface area (Å²) >= 11 is -4.81. The molecule has 0 bridgehead atoms. The number of hydrogen-bond donors (Lipinski definition) is 0. The zero-order valence-corrected chi connectivity index (χ0v) is 17.3. The van der Waals surface area contributed by atoms with Crippen molar-refractivity contribution in [2.24, 2.45) is 23.7 Å². The van der Waals surface area contributed by atoms with E-state index in [1.54, 1.807) is 0 Å². The van der Waals surface area contributed by atoms with E-state index in [1.165, 1.54) is 0 Å². The second kappa shape index (κ2) is 8.29. The zero-order valence-electron chi connectivity index (χ0n) is 14.9. The minimum absolute atomic E-state index is 0.330. The molecule has 0 aliphatic heterocycles. The third kappa shape index (κ3) is 8.15. The fourth-order valence-corrected chi connectivity index (χ4v) is 15.6. The fraction of sp³-hybridized carbons (Fsp3) is 1.00. The molecule has 0 saturated heterocycles. The van der Waals surface area contributed by atoms with Crippen LogP contribution in [0.3, 0.4) is 0 Å². The van der Waals surface area contributed by atoms with Crippen LogP contribution >= 0.6 is 0 Å². The summed E-state index contributed by atoms with van der Waals surface area (Å²) in [5.74, 6) is 1.41. The summed E-state index contributed by atoms with van der Waals surface area (Å²) < 4.78 is 27.2. The average molecular weight is 368 g/mol. The summed E-state index contributed by atoms with van der Waals surface area (Å²) in [5.41, 5.74) is 0. The quantitative estimate of drug-likeness (QED) is 0.522. The third-order valence-corrected chi connectivity index (χ3v) is 15.0. The monoisotopic (exact) mass is 366 g/mol. The Labute approximate surface area is 128 Å². The normalized spacial score (nSPS) is 14.1. The molecule has 0 heterocycles. The van der Waals surface area contributed by atoms with Gasteiger partial charge in [-0.15, -0.1) is 0 Å². The van der Waals surface area contributed by atoms with Gasteiger partial charge in [0.05, 0.1) is 0 Å². The SMILES string of the molecule is CC(C)C[O][Zr](=[O])([CH2]C(C)C)([CH2]C(C)C)[O]CC(C)C. The van der Waals surface area contributed by atoms with Gasteiger partial charge in [-0.25, -0.2) is 0 Å². The molecule has 0 N–H and O–H groups in total. The van der Waals surface area contributed by atoms with Gasteiger partial charge in [0.1, 0.15) is 0 Å². The molecule has 0 saturated carbocycles. The molecule has 0 unspecified atom stereocenters. The molecule has 0 aliphatic rings. The van der Waals surface area contributed by atoms with E-state index in [0.29, 0.717) is 45.1 Å². The first-order valence-corrected chi connectivity index (χ1v) is 14.6. The first-order chi connectivity index (χ1) is 8.96. The summed E-state index contributed by atoms with van der Waals surface area (Å²) in [6.45, 7) is 17.8. The number of hydrogen-bond acceptors (Lipinski definition) is 3. The van der Waals surface area contributed by atoms with Gasteiger partial charge in [-0.2, -0.15) is 0 Å². The zero-order chi connectivity index (χ0) is 16.0. The van der Waals surface area contributed by atoms with Gasteiger partial charge >= 0.3 is 129 Å². The van der Waals surface area contributed by atoms with Gasteiger partial charge in [0.25, 0.3) is 0 Å². The van der Waals surface area contributed by atoms with Crippen molar-refractivity contribution >= 4 is 0 Å². The van der Waals surface area contributed by atoms with Crippen molar-refractivity contribution in [1.29, 1.82) is 0 Å². The molecule has 0 aromatic heterocycles. The molecule has 3 nitrogen and oxygen atoms in total. The molecule has 0 radical (unpaired) electrons. The summed E-state index contributed by atoms with van der Waals surface area (Å²) in [7, 11) is 0. The van der Waals surface area contributed by atoms with E-state index in [1.807, 2.05) is 0 Å².